The lowest BCUT2D eigenvalue weighted by molar-refractivity contribution is 0.103. The number of carbonyl (C=O) groups excluding carboxylic acids is 1. The number of carbonyl (C=O) groups is 1. The molecule has 2 rings (SSSR count). The van der Waals surface area contributed by atoms with Gasteiger partial charge < -0.3 is 4.52 Å². The molecule has 84 valence electrons. The molecule has 0 spiro atoms. The van der Waals surface area contributed by atoms with Gasteiger partial charge in [0.1, 0.15) is 5.75 Å². The van der Waals surface area contributed by atoms with Gasteiger partial charge in [-0.3, -0.25) is 4.79 Å². The summed E-state index contributed by atoms with van der Waals surface area (Å²) in [4.78, 5) is 12.0. The van der Waals surface area contributed by atoms with Crippen molar-refractivity contribution in [1.29, 1.82) is 0 Å². The minimum Gasteiger partial charge on any atom is -0.408 e. The van der Waals surface area contributed by atoms with E-state index in [0.29, 0.717) is 16.9 Å². The molecule has 0 saturated heterocycles. The van der Waals surface area contributed by atoms with Crippen LogP contribution in [-0.2, 0) is 4.57 Å². The van der Waals surface area contributed by atoms with Crippen molar-refractivity contribution in [2.24, 2.45) is 0 Å². The standard InChI is InChI=1S/C13H9O3P/c14-13(10-4-2-1-3-5-10)11-6-8-12(9-7-11)16-17-15/h1-9H. The van der Waals surface area contributed by atoms with Crippen molar-refractivity contribution in [2.45, 2.75) is 0 Å². The Morgan fingerprint density at radius 2 is 1.47 bits per heavy atom. The molecule has 0 bridgehead atoms. The van der Waals surface area contributed by atoms with Gasteiger partial charge in [0.15, 0.2) is 5.78 Å². The van der Waals surface area contributed by atoms with Crippen LogP contribution in [0.2, 0.25) is 0 Å². The third kappa shape index (κ3) is 2.77. The van der Waals surface area contributed by atoms with Gasteiger partial charge in [0.05, 0.1) is 0 Å². The zero-order chi connectivity index (χ0) is 12.1. The highest BCUT2D eigenvalue weighted by Gasteiger charge is 2.08. The van der Waals surface area contributed by atoms with Crippen LogP contribution in [0.15, 0.2) is 54.6 Å². The van der Waals surface area contributed by atoms with Crippen molar-refractivity contribution in [3.05, 3.63) is 65.7 Å². The van der Waals surface area contributed by atoms with Crippen LogP contribution in [0.3, 0.4) is 0 Å². The van der Waals surface area contributed by atoms with Gasteiger partial charge in [-0.25, -0.2) is 4.57 Å². The van der Waals surface area contributed by atoms with Crippen LogP contribution in [0.5, 0.6) is 5.75 Å². The molecule has 0 amide bonds. The average Bonchev–Trinajstić information content (AvgIpc) is 2.40. The molecule has 2 aromatic carbocycles. The summed E-state index contributed by atoms with van der Waals surface area (Å²) in [6.45, 7) is 0. The molecule has 0 atom stereocenters. The fourth-order valence-electron chi connectivity index (χ4n) is 1.47. The van der Waals surface area contributed by atoms with Crippen molar-refractivity contribution >= 4 is 14.5 Å². The Hall–Kier alpha value is -1.99. The molecule has 0 saturated carbocycles. The lowest BCUT2D eigenvalue weighted by atomic mass is 10.0. The molecule has 0 radical (unpaired) electrons. The molecule has 0 aliphatic carbocycles. The smallest absolute Gasteiger partial charge is 0.395 e. The Morgan fingerprint density at radius 1 is 0.882 bits per heavy atom. The molecule has 0 fully saturated rings. The van der Waals surface area contributed by atoms with E-state index in [1.165, 1.54) is 0 Å². The van der Waals surface area contributed by atoms with Gasteiger partial charge in [0.25, 0.3) is 0 Å². The summed E-state index contributed by atoms with van der Waals surface area (Å²) in [7, 11) is -0.403. The van der Waals surface area contributed by atoms with E-state index in [2.05, 4.69) is 0 Å². The minimum atomic E-state index is -0.403. The van der Waals surface area contributed by atoms with E-state index in [4.69, 9.17) is 4.52 Å². The van der Waals surface area contributed by atoms with Crippen LogP contribution < -0.4 is 4.52 Å². The number of hydrogen-bond donors (Lipinski definition) is 0. The molecular formula is C13H9O3P. The first-order valence-electron chi connectivity index (χ1n) is 5.01. The van der Waals surface area contributed by atoms with E-state index < -0.39 is 8.69 Å². The van der Waals surface area contributed by atoms with Crippen molar-refractivity contribution in [1.82, 2.24) is 0 Å². The summed E-state index contributed by atoms with van der Waals surface area (Å²) in [5.74, 6) is 0.420. The van der Waals surface area contributed by atoms with E-state index in [9.17, 15) is 9.36 Å². The highest BCUT2D eigenvalue weighted by atomic mass is 31.1. The first-order valence-corrected chi connectivity index (χ1v) is 5.74. The van der Waals surface area contributed by atoms with Crippen LogP contribution in [0.1, 0.15) is 15.9 Å². The third-order valence-electron chi connectivity index (χ3n) is 2.30. The number of benzene rings is 2. The molecule has 0 aliphatic heterocycles. The molecule has 4 heteroatoms. The van der Waals surface area contributed by atoms with Crippen LogP contribution >= 0.6 is 8.69 Å². The molecule has 0 N–H and O–H groups in total. The van der Waals surface area contributed by atoms with Gasteiger partial charge in [0, 0.05) is 11.1 Å². The van der Waals surface area contributed by atoms with Crippen molar-refractivity contribution < 1.29 is 13.9 Å². The molecule has 0 heterocycles. The largest absolute Gasteiger partial charge is 0.408 e. The summed E-state index contributed by atoms with van der Waals surface area (Å²) in [5.41, 5.74) is 1.22. The summed E-state index contributed by atoms with van der Waals surface area (Å²) in [6.07, 6.45) is 0. The average molecular weight is 244 g/mol. The first kappa shape index (κ1) is 11.5. The van der Waals surface area contributed by atoms with Gasteiger partial charge in [-0.15, -0.1) is 0 Å². The van der Waals surface area contributed by atoms with Crippen LogP contribution in [0.25, 0.3) is 0 Å². The van der Waals surface area contributed by atoms with Crippen LogP contribution in [0.4, 0.5) is 0 Å². The molecule has 3 nitrogen and oxygen atoms in total. The predicted molar refractivity (Wildman–Crippen MR) is 64.6 cm³/mol. The molecule has 0 aromatic heterocycles. The van der Waals surface area contributed by atoms with E-state index in [0.717, 1.165) is 0 Å². The fourth-order valence-corrected chi connectivity index (χ4v) is 1.67. The van der Waals surface area contributed by atoms with Crippen molar-refractivity contribution in [2.75, 3.05) is 0 Å². The Morgan fingerprint density at radius 3 is 2.06 bits per heavy atom. The van der Waals surface area contributed by atoms with Crippen LogP contribution in [0, 0.1) is 0 Å². The third-order valence-corrected chi connectivity index (χ3v) is 2.58. The van der Waals surface area contributed by atoms with E-state index in [1.54, 1.807) is 36.4 Å². The zero-order valence-electron chi connectivity index (χ0n) is 8.87. The molecule has 2 aromatic rings. The van der Waals surface area contributed by atoms with Gasteiger partial charge in [-0.1, -0.05) is 30.3 Å². The first-order chi connectivity index (χ1) is 8.31. The van der Waals surface area contributed by atoms with Gasteiger partial charge in [-0.2, -0.15) is 0 Å². The zero-order valence-corrected chi connectivity index (χ0v) is 9.76. The highest BCUT2D eigenvalue weighted by molar-refractivity contribution is 7.17. The summed E-state index contributed by atoms with van der Waals surface area (Å²) in [6, 6.07) is 15.6. The monoisotopic (exact) mass is 244 g/mol. The normalized spacial score (nSPS) is 10.1. The summed E-state index contributed by atoms with van der Waals surface area (Å²) < 4.78 is 15.0. The van der Waals surface area contributed by atoms with Gasteiger partial charge >= 0.3 is 8.69 Å². The van der Waals surface area contributed by atoms with Crippen molar-refractivity contribution in [3.8, 4) is 5.75 Å². The molecule has 0 unspecified atom stereocenters. The SMILES string of the molecule is O=POc1ccc(C(=O)c2ccccc2)cc1. The lowest BCUT2D eigenvalue weighted by Gasteiger charge is -2.01. The van der Waals surface area contributed by atoms with E-state index in [1.807, 2.05) is 18.2 Å². The minimum absolute atomic E-state index is 0.0446. The molecule has 0 aliphatic rings. The van der Waals surface area contributed by atoms with Gasteiger partial charge in [-0.05, 0) is 24.3 Å². The Bertz CT molecular complexity index is 520. The maximum atomic E-state index is 12.0. The maximum absolute atomic E-state index is 12.0. The number of hydrogen-bond acceptors (Lipinski definition) is 3. The Labute approximate surface area is 100 Å². The fraction of sp³-hybridized carbons (Fsp3) is 0. The molecular weight excluding hydrogens is 235 g/mol. The highest BCUT2D eigenvalue weighted by Crippen LogP contribution is 2.17. The summed E-state index contributed by atoms with van der Waals surface area (Å²) in [5, 5.41) is 0. The van der Waals surface area contributed by atoms with E-state index >= 15 is 0 Å². The number of ketones is 1. The second kappa shape index (κ2) is 5.37. The Kier molecular flexibility index (Phi) is 3.63. The second-order valence-electron chi connectivity index (χ2n) is 3.39. The van der Waals surface area contributed by atoms with Crippen molar-refractivity contribution in [3.63, 3.8) is 0 Å². The maximum Gasteiger partial charge on any atom is 0.395 e. The second-order valence-corrected chi connectivity index (χ2v) is 3.72. The quantitative estimate of drug-likeness (QED) is 0.610. The Balaban J connectivity index is 2.23. The molecule has 17 heavy (non-hydrogen) atoms. The topological polar surface area (TPSA) is 43.4 Å². The van der Waals surface area contributed by atoms with Gasteiger partial charge in [0.2, 0.25) is 0 Å². The lowest BCUT2D eigenvalue weighted by Crippen LogP contribution is -2.00. The predicted octanol–water partition coefficient (Wildman–Crippen LogP) is 3.50. The number of rotatable bonds is 4. The van der Waals surface area contributed by atoms with Crippen LogP contribution in [-0.4, -0.2) is 5.78 Å². The summed E-state index contributed by atoms with van der Waals surface area (Å²) >= 11 is 0. The van der Waals surface area contributed by atoms with E-state index in [-0.39, 0.29) is 5.78 Å².